The van der Waals surface area contributed by atoms with Crippen LogP contribution in [0.1, 0.15) is 54.9 Å². The molecule has 0 aliphatic carbocycles. The lowest BCUT2D eigenvalue weighted by molar-refractivity contribution is -0.130. The number of hydrogen-bond acceptors (Lipinski definition) is 9. The Morgan fingerprint density at radius 3 is 2.51 bits per heavy atom. The number of Topliss-reactive ketones (excluding diaryl/α,β-unsaturated/α-hetero) is 1. The molecule has 192 valence electrons. The van der Waals surface area contributed by atoms with Gasteiger partial charge in [0.2, 0.25) is 17.6 Å². The number of nitrogens with zero attached hydrogens (tertiary/aromatic N) is 5. The van der Waals surface area contributed by atoms with E-state index in [0.717, 1.165) is 67.2 Å². The third kappa shape index (κ3) is 5.46. The van der Waals surface area contributed by atoms with E-state index < -0.39 is 11.7 Å². The van der Waals surface area contributed by atoms with Crippen LogP contribution in [-0.2, 0) is 29.2 Å². The van der Waals surface area contributed by atoms with Gasteiger partial charge in [-0.3, -0.25) is 9.59 Å². The van der Waals surface area contributed by atoms with Crippen molar-refractivity contribution in [2.45, 2.75) is 58.2 Å². The summed E-state index contributed by atoms with van der Waals surface area (Å²) in [6, 6.07) is 9.93. The molecule has 0 spiro atoms. The van der Waals surface area contributed by atoms with Gasteiger partial charge in [0, 0.05) is 50.1 Å². The van der Waals surface area contributed by atoms with Crippen molar-refractivity contribution in [1.82, 2.24) is 20.4 Å². The van der Waals surface area contributed by atoms with Gasteiger partial charge in [-0.2, -0.15) is 0 Å². The van der Waals surface area contributed by atoms with Crippen molar-refractivity contribution in [2.24, 2.45) is 0 Å². The van der Waals surface area contributed by atoms with Crippen LogP contribution in [0.5, 0.6) is 5.88 Å². The van der Waals surface area contributed by atoms with Gasteiger partial charge in [0.15, 0.2) is 6.29 Å². The summed E-state index contributed by atoms with van der Waals surface area (Å²) in [5.74, 6) is 0.537. The van der Waals surface area contributed by atoms with Crippen molar-refractivity contribution in [3.05, 3.63) is 71.2 Å². The average Bonchev–Trinajstić information content (AvgIpc) is 3.39. The first-order chi connectivity index (χ1) is 18.1. The van der Waals surface area contributed by atoms with Crippen LogP contribution < -0.4 is 20.1 Å². The molecule has 0 radical (unpaired) electrons. The number of ether oxygens (including phenoxy) is 1. The molecule has 9 nitrogen and oxygen atoms in total. The molecular formula is C28H32N6O3. The van der Waals surface area contributed by atoms with Gasteiger partial charge in [-0.05, 0) is 41.5 Å². The second kappa shape index (κ2) is 11.0. The van der Waals surface area contributed by atoms with Gasteiger partial charge >= 0.3 is 0 Å². The van der Waals surface area contributed by atoms with E-state index in [1.807, 2.05) is 48.9 Å². The average molecular weight is 501 g/mol. The number of aldehydes is 1. The highest BCUT2D eigenvalue weighted by atomic mass is 16.5. The lowest BCUT2D eigenvalue weighted by Gasteiger charge is -2.37. The molecule has 0 bridgehead atoms. The minimum atomic E-state index is -0.436. The number of aromatic nitrogens is 3. The quantitative estimate of drug-likeness (QED) is 0.350. The third-order valence-corrected chi connectivity index (χ3v) is 7.26. The lowest BCUT2D eigenvalue weighted by atomic mass is 9.96. The first kappa shape index (κ1) is 24.8. The standard InChI is InChI=1S/C28H32N6O3/c1-3-20-13-30-28(31-14-20)33-10-8-24(9-11-33)34-25-16-29-27(12-23(25)15-32-34)37-18-21-4-6-22(7-5-21)19(2)26(36)17-35/h4-7,12-14,16-17,19,24,32H,3,8-11,15,18H2,1-2H3. The summed E-state index contributed by atoms with van der Waals surface area (Å²) < 4.78 is 5.95. The van der Waals surface area contributed by atoms with E-state index in [-0.39, 0.29) is 0 Å². The summed E-state index contributed by atoms with van der Waals surface area (Å²) in [7, 11) is 0. The molecule has 1 N–H and O–H groups in total. The van der Waals surface area contributed by atoms with Gasteiger partial charge in [0.05, 0.1) is 11.9 Å². The van der Waals surface area contributed by atoms with Crippen LogP contribution in [0.4, 0.5) is 11.6 Å². The number of rotatable bonds is 9. The van der Waals surface area contributed by atoms with Crippen LogP contribution in [0.25, 0.3) is 0 Å². The fourth-order valence-electron chi connectivity index (χ4n) is 4.83. The van der Waals surface area contributed by atoms with E-state index in [1.165, 1.54) is 5.56 Å². The van der Waals surface area contributed by atoms with Crippen molar-refractivity contribution in [3.63, 3.8) is 0 Å². The fraction of sp³-hybridized carbons (Fsp3) is 0.393. The number of aryl methyl sites for hydroxylation is 1. The summed E-state index contributed by atoms with van der Waals surface area (Å²) >= 11 is 0. The maximum Gasteiger partial charge on any atom is 0.225 e. The number of nitrogens with one attached hydrogen (secondary N) is 1. The number of pyridine rings is 1. The number of carbonyl (C=O) groups is 2. The SMILES string of the molecule is CCc1cnc(N2CCC(N3NCc4cc(OCc5ccc(C(C)C(=O)C=O)cc5)ncc43)CC2)nc1. The second-order valence-corrected chi connectivity index (χ2v) is 9.59. The third-order valence-electron chi connectivity index (χ3n) is 7.26. The molecule has 37 heavy (non-hydrogen) atoms. The summed E-state index contributed by atoms with van der Waals surface area (Å²) in [5.41, 5.74) is 8.74. The Morgan fingerprint density at radius 2 is 1.84 bits per heavy atom. The normalized spacial score (nSPS) is 16.4. The first-order valence-corrected chi connectivity index (χ1v) is 12.8. The summed E-state index contributed by atoms with van der Waals surface area (Å²) in [6.45, 7) is 6.79. The number of carbonyl (C=O) groups excluding carboxylic acids is 2. The molecule has 1 saturated heterocycles. The predicted octanol–water partition coefficient (Wildman–Crippen LogP) is 3.38. The van der Waals surface area contributed by atoms with Crippen LogP contribution in [-0.4, -0.2) is 46.2 Å². The number of fused-ring (bicyclic) bond motifs is 1. The van der Waals surface area contributed by atoms with E-state index in [9.17, 15) is 9.59 Å². The zero-order valence-electron chi connectivity index (χ0n) is 21.3. The molecule has 2 aliphatic rings. The van der Waals surface area contributed by atoms with Crippen LogP contribution >= 0.6 is 0 Å². The number of benzene rings is 1. The van der Waals surface area contributed by atoms with Crippen LogP contribution in [0.3, 0.4) is 0 Å². The Kier molecular flexibility index (Phi) is 7.41. The Morgan fingerprint density at radius 1 is 1.11 bits per heavy atom. The minimum absolute atomic E-state index is 0.374. The molecule has 1 aromatic carbocycles. The number of ketones is 1. The molecule has 1 atom stereocenters. The zero-order valence-corrected chi connectivity index (χ0v) is 21.3. The Labute approximate surface area is 216 Å². The highest BCUT2D eigenvalue weighted by Gasteiger charge is 2.30. The summed E-state index contributed by atoms with van der Waals surface area (Å²) in [6.07, 6.45) is 9.08. The van der Waals surface area contributed by atoms with E-state index in [2.05, 4.69) is 37.2 Å². The van der Waals surface area contributed by atoms with Gasteiger partial charge in [0.1, 0.15) is 6.61 Å². The lowest BCUT2D eigenvalue weighted by Crippen LogP contribution is -2.49. The monoisotopic (exact) mass is 500 g/mol. The Hall–Kier alpha value is -3.85. The molecule has 4 heterocycles. The van der Waals surface area contributed by atoms with Gasteiger partial charge in [-0.15, -0.1) is 0 Å². The fourth-order valence-corrected chi connectivity index (χ4v) is 4.83. The topological polar surface area (TPSA) is 101 Å². The molecule has 0 amide bonds. The van der Waals surface area contributed by atoms with Crippen molar-refractivity contribution in [1.29, 1.82) is 0 Å². The Bertz CT molecular complexity index is 1240. The van der Waals surface area contributed by atoms with Crippen molar-refractivity contribution in [2.75, 3.05) is 23.0 Å². The van der Waals surface area contributed by atoms with Crippen molar-refractivity contribution >= 4 is 23.7 Å². The molecule has 1 fully saturated rings. The molecule has 3 aromatic rings. The number of piperidine rings is 1. The summed E-state index contributed by atoms with van der Waals surface area (Å²) in [5, 5.41) is 2.25. The highest BCUT2D eigenvalue weighted by molar-refractivity contribution is 6.27. The molecule has 0 saturated carbocycles. The maximum absolute atomic E-state index is 11.6. The minimum Gasteiger partial charge on any atom is -0.473 e. The van der Waals surface area contributed by atoms with E-state index in [4.69, 9.17) is 4.74 Å². The van der Waals surface area contributed by atoms with Gasteiger partial charge in [-0.1, -0.05) is 38.1 Å². The largest absolute Gasteiger partial charge is 0.473 e. The number of anilines is 2. The van der Waals surface area contributed by atoms with Gasteiger partial charge in [-0.25, -0.2) is 20.4 Å². The number of hydrogen-bond donors (Lipinski definition) is 1. The van der Waals surface area contributed by atoms with E-state index >= 15 is 0 Å². The van der Waals surface area contributed by atoms with Crippen LogP contribution in [0.2, 0.25) is 0 Å². The molecule has 9 heteroatoms. The van der Waals surface area contributed by atoms with E-state index in [1.54, 1.807) is 6.92 Å². The summed E-state index contributed by atoms with van der Waals surface area (Å²) in [4.78, 5) is 38.2. The van der Waals surface area contributed by atoms with Gasteiger partial charge < -0.3 is 14.6 Å². The van der Waals surface area contributed by atoms with Crippen molar-refractivity contribution < 1.29 is 14.3 Å². The second-order valence-electron chi connectivity index (χ2n) is 9.59. The molecule has 2 aromatic heterocycles. The van der Waals surface area contributed by atoms with Crippen LogP contribution in [0, 0.1) is 0 Å². The highest BCUT2D eigenvalue weighted by Crippen LogP contribution is 2.32. The predicted molar refractivity (Wildman–Crippen MR) is 140 cm³/mol. The van der Waals surface area contributed by atoms with Gasteiger partial charge in [0.25, 0.3) is 0 Å². The smallest absolute Gasteiger partial charge is 0.225 e. The van der Waals surface area contributed by atoms with Crippen molar-refractivity contribution in [3.8, 4) is 5.88 Å². The molecule has 1 unspecified atom stereocenters. The maximum atomic E-state index is 11.6. The molecule has 5 rings (SSSR count). The van der Waals surface area contributed by atoms with Crippen LogP contribution in [0.15, 0.2) is 48.9 Å². The zero-order chi connectivity index (χ0) is 25.8. The first-order valence-electron chi connectivity index (χ1n) is 12.8. The molecular weight excluding hydrogens is 468 g/mol. The number of hydrazine groups is 1. The van der Waals surface area contributed by atoms with E-state index in [0.29, 0.717) is 24.8 Å². The molecule has 2 aliphatic heterocycles. The Balaban J connectivity index is 1.15.